The Bertz CT molecular complexity index is 930. The van der Waals surface area contributed by atoms with Gasteiger partial charge in [0.2, 0.25) is 15.9 Å². The molecule has 0 heterocycles. The van der Waals surface area contributed by atoms with Crippen LogP contribution in [0.25, 0.3) is 0 Å². The minimum absolute atomic E-state index is 0.324. The summed E-state index contributed by atoms with van der Waals surface area (Å²) in [6, 6.07) is 11.2. The lowest BCUT2D eigenvalue weighted by Crippen LogP contribution is -2.48. The van der Waals surface area contributed by atoms with Crippen LogP contribution >= 0.6 is 23.2 Å². The van der Waals surface area contributed by atoms with Gasteiger partial charge in [0.15, 0.2) is 0 Å². The molecule has 8 heteroatoms. The molecule has 1 amide bonds. The third kappa shape index (κ3) is 5.37. The van der Waals surface area contributed by atoms with E-state index in [0.717, 1.165) is 16.1 Å². The van der Waals surface area contributed by atoms with Crippen LogP contribution in [0.5, 0.6) is 0 Å². The minimum Gasteiger partial charge on any atom is -0.340 e. The van der Waals surface area contributed by atoms with E-state index in [2.05, 4.69) is 0 Å². The summed E-state index contributed by atoms with van der Waals surface area (Å²) in [5, 5.41) is 1.01. The first-order chi connectivity index (χ1) is 12.5. The van der Waals surface area contributed by atoms with Crippen LogP contribution in [0.15, 0.2) is 42.5 Å². The number of anilines is 1. The lowest BCUT2D eigenvalue weighted by atomic mass is 10.1. The van der Waals surface area contributed by atoms with Crippen LogP contribution in [0.2, 0.25) is 10.0 Å². The van der Waals surface area contributed by atoms with Crippen LogP contribution < -0.4 is 4.31 Å². The number of likely N-dealkylation sites (N-methyl/N-ethyl adjacent to an activating group) is 1. The normalized spacial score (nSPS) is 12.5. The van der Waals surface area contributed by atoms with Crippen molar-refractivity contribution in [2.75, 3.05) is 17.6 Å². The van der Waals surface area contributed by atoms with Crippen molar-refractivity contribution in [3.05, 3.63) is 63.6 Å². The van der Waals surface area contributed by atoms with Crippen LogP contribution in [0.4, 0.5) is 5.69 Å². The molecular formula is C19H22Cl2N2O3S. The molecule has 0 fully saturated rings. The van der Waals surface area contributed by atoms with Crippen LogP contribution in [-0.2, 0) is 21.4 Å². The summed E-state index contributed by atoms with van der Waals surface area (Å²) in [6.45, 7) is 3.69. The second-order valence-electron chi connectivity index (χ2n) is 6.49. The molecule has 0 bridgehead atoms. The van der Waals surface area contributed by atoms with Gasteiger partial charge in [-0.3, -0.25) is 9.10 Å². The predicted octanol–water partition coefficient (Wildman–Crippen LogP) is 4.11. The molecule has 0 aliphatic heterocycles. The summed E-state index contributed by atoms with van der Waals surface area (Å²) in [4.78, 5) is 14.4. The highest BCUT2D eigenvalue weighted by atomic mass is 35.5. The molecule has 0 unspecified atom stereocenters. The number of hydrogen-bond acceptors (Lipinski definition) is 3. The van der Waals surface area contributed by atoms with E-state index in [1.165, 1.54) is 4.90 Å². The molecule has 2 aromatic rings. The summed E-state index contributed by atoms with van der Waals surface area (Å²) in [6.07, 6.45) is 1.08. The molecule has 27 heavy (non-hydrogen) atoms. The molecule has 5 nitrogen and oxygen atoms in total. The van der Waals surface area contributed by atoms with Gasteiger partial charge in [0.05, 0.1) is 11.9 Å². The van der Waals surface area contributed by atoms with Crippen LogP contribution in [0, 0.1) is 6.92 Å². The van der Waals surface area contributed by atoms with Crippen molar-refractivity contribution >= 4 is 44.8 Å². The van der Waals surface area contributed by atoms with Crippen molar-refractivity contribution in [1.29, 1.82) is 0 Å². The van der Waals surface area contributed by atoms with E-state index >= 15 is 0 Å². The van der Waals surface area contributed by atoms with Gasteiger partial charge < -0.3 is 4.90 Å². The van der Waals surface area contributed by atoms with Gasteiger partial charge in [0.1, 0.15) is 6.04 Å². The number of amides is 1. The van der Waals surface area contributed by atoms with Gasteiger partial charge in [-0.15, -0.1) is 0 Å². The summed E-state index contributed by atoms with van der Waals surface area (Å²) >= 11 is 11.9. The van der Waals surface area contributed by atoms with E-state index in [1.54, 1.807) is 51.2 Å². The number of carbonyl (C=O) groups is 1. The molecule has 0 saturated heterocycles. The average Bonchev–Trinajstić information content (AvgIpc) is 2.58. The molecular weight excluding hydrogens is 407 g/mol. The van der Waals surface area contributed by atoms with Gasteiger partial charge in [0.25, 0.3) is 0 Å². The van der Waals surface area contributed by atoms with Crippen molar-refractivity contribution in [3.8, 4) is 0 Å². The summed E-state index contributed by atoms with van der Waals surface area (Å²) in [7, 11) is -2.07. The maximum Gasteiger partial charge on any atom is 0.246 e. The molecule has 0 radical (unpaired) electrons. The fourth-order valence-electron chi connectivity index (χ4n) is 2.86. The number of halogens is 2. The molecule has 0 aliphatic rings. The first kappa shape index (κ1) is 21.5. The first-order valence-corrected chi connectivity index (χ1v) is 10.9. The number of carbonyl (C=O) groups excluding carboxylic acids is 1. The molecule has 0 aliphatic carbocycles. The Morgan fingerprint density at radius 3 is 2.19 bits per heavy atom. The van der Waals surface area contributed by atoms with Gasteiger partial charge in [-0.05, 0) is 49.2 Å². The second kappa shape index (κ2) is 8.50. The Morgan fingerprint density at radius 1 is 1.07 bits per heavy atom. The van der Waals surface area contributed by atoms with Crippen molar-refractivity contribution in [3.63, 3.8) is 0 Å². The van der Waals surface area contributed by atoms with Crippen molar-refractivity contribution in [2.24, 2.45) is 0 Å². The topological polar surface area (TPSA) is 57.7 Å². The highest BCUT2D eigenvalue weighted by Crippen LogP contribution is 2.28. The van der Waals surface area contributed by atoms with Crippen molar-refractivity contribution in [1.82, 2.24) is 4.90 Å². The Kier molecular flexibility index (Phi) is 6.78. The maximum absolute atomic E-state index is 12.9. The molecule has 0 N–H and O–H groups in total. The lowest BCUT2D eigenvalue weighted by Gasteiger charge is -2.32. The number of sulfonamides is 1. The zero-order valence-corrected chi connectivity index (χ0v) is 17.9. The van der Waals surface area contributed by atoms with Crippen LogP contribution in [-0.4, -0.2) is 38.6 Å². The van der Waals surface area contributed by atoms with E-state index in [0.29, 0.717) is 27.8 Å². The third-order valence-electron chi connectivity index (χ3n) is 4.18. The largest absolute Gasteiger partial charge is 0.340 e. The average molecular weight is 429 g/mol. The summed E-state index contributed by atoms with van der Waals surface area (Å²) < 4.78 is 26.0. The molecule has 146 valence electrons. The quantitative estimate of drug-likeness (QED) is 0.695. The maximum atomic E-state index is 12.9. The Balaban J connectivity index is 2.31. The Morgan fingerprint density at radius 2 is 1.63 bits per heavy atom. The zero-order valence-electron chi connectivity index (χ0n) is 15.6. The fourth-order valence-corrected chi connectivity index (χ4v) is 4.37. The highest BCUT2D eigenvalue weighted by molar-refractivity contribution is 7.92. The van der Waals surface area contributed by atoms with Gasteiger partial charge in [-0.2, -0.15) is 0 Å². The molecule has 2 rings (SSSR count). The smallest absolute Gasteiger partial charge is 0.246 e. The van der Waals surface area contributed by atoms with E-state index in [1.807, 2.05) is 12.1 Å². The van der Waals surface area contributed by atoms with E-state index < -0.39 is 16.1 Å². The van der Waals surface area contributed by atoms with Gasteiger partial charge in [0, 0.05) is 23.6 Å². The van der Waals surface area contributed by atoms with Crippen LogP contribution in [0.1, 0.15) is 18.1 Å². The van der Waals surface area contributed by atoms with E-state index in [4.69, 9.17) is 23.2 Å². The predicted molar refractivity (Wildman–Crippen MR) is 111 cm³/mol. The van der Waals surface area contributed by atoms with Gasteiger partial charge in [-0.1, -0.05) is 41.4 Å². The molecule has 2 aromatic carbocycles. The third-order valence-corrected chi connectivity index (χ3v) is 5.90. The minimum atomic E-state index is -3.70. The number of aryl methyl sites for hydroxylation is 1. The Hall–Kier alpha value is -1.76. The SMILES string of the molecule is Cc1ccc(Cl)cc1N([C@@H](C)C(=O)N(C)Cc1ccc(Cl)cc1)S(C)(=O)=O. The zero-order chi connectivity index (χ0) is 20.4. The van der Waals surface area contributed by atoms with E-state index in [-0.39, 0.29) is 5.91 Å². The molecule has 0 spiro atoms. The Labute approximate surface area is 170 Å². The highest BCUT2D eigenvalue weighted by Gasteiger charge is 2.32. The molecule has 0 saturated carbocycles. The fraction of sp³-hybridized carbons (Fsp3) is 0.316. The first-order valence-electron chi connectivity index (χ1n) is 8.25. The monoisotopic (exact) mass is 428 g/mol. The van der Waals surface area contributed by atoms with Gasteiger partial charge >= 0.3 is 0 Å². The number of benzene rings is 2. The standard InChI is InChI=1S/C19H22Cl2N2O3S/c1-13-5-8-17(21)11-18(13)23(27(4,25)26)14(2)19(24)22(3)12-15-6-9-16(20)10-7-15/h5-11,14H,12H2,1-4H3/t14-/m0/s1. The molecule has 0 aromatic heterocycles. The number of nitrogens with zero attached hydrogens (tertiary/aromatic N) is 2. The number of hydrogen-bond donors (Lipinski definition) is 0. The van der Waals surface area contributed by atoms with Gasteiger partial charge in [-0.25, -0.2) is 8.42 Å². The summed E-state index contributed by atoms with van der Waals surface area (Å²) in [5.41, 5.74) is 2.00. The van der Waals surface area contributed by atoms with Crippen molar-refractivity contribution in [2.45, 2.75) is 26.4 Å². The summed E-state index contributed by atoms with van der Waals surface area (Å²) in [5.74, 6) is -0.324. The van der Waals surface area contributed by atoms with E-state index in [9.17, 15) is 13.2 Å². The lowest BCUT2D eigenvalue weighted by molar-refractivity contribution is -0.131. The molecule has 1 atom stereocenters. The van der Waals surface area contributed by atoms with Crippen LogP contribution in [0.3, 0.4) is 0 Å². The number of rotatable bonds is 6. The van der Waals surface area contributed by atoms with Crippen molar-refractivity contribution < 1.29 is 13.2 Å². The second-order valence-corrected chi connectivity index (χ2v) is 9.22.